The molecule has 0 saturated carbocycles. The van der Waals surface area contributed by atoms with Gasteiger partial charge >= 0.3 is 0 Å². The van der Waals surface area contributed by atoms with Crippen LogP contribution in [0, 0.1) is 5.92 Å². The molecule has 0 amide bonds. The van der Waals surface area contributed by atoms with Crippen LogP contribution in [-0.2, 0) is 4.94 Å². The summed E-state index contributed by atoms with van der Waals surface area (Å²) in [7, 11) is 0. The Morgan fingerprint density at radius 2 is 2.09 bits per heavy atom. The van der Waals surface area contributed by atoms with Crippen LogP contribution in [0.4, 0.5) is 4.53 Å². The molecule has 2 nitrogen and oxygen atoms in total. The van der Waals surface area contributed by atoms with Crippen LogP contribution in [0.3, 0.4) is 0 Å². The minimum absolute atomic E-state index is 0.233. The van der Waals surface area contributed by atoms with Gasteiger partial charge in [-0.3, -0.25) is 0 Å². The van der Waals surface area contributed by atoms with Crippen molar-refractivity contribution in [3.05, 3.63) is 0 Å². The molecule has 0 aromatic carbocycles. The van der Waals surface area contributed by atoms with Crippen LogP contribution in [-0.4, -0.2) is 31.1 Å². The van der Waals surface area contributed by atoms with Crippen molar-refractivity contribution in [2.24, 2.45) is 5.92 Å². The Hall–Kier alpha value is -0.150. The summed E-state index contributed by atoms with van der Waals surface area (Å²) in [4.78, 5) is 5.95. The lowest BCUT2D eigenvalue weighted by atomic mass is 10.2. The molecule has 1 fully saturated rings. The van der Waals surface area contributed by atoms with Crippen molar-refractivity contribution in [1.29, 1.82) is 0 Å². The number of hydrogen-bond donors (Lipinski definition) is 0. The summed E-state index contributed by atoms with van der Waals surface area (Å²) in [6.45, 7) is 5.57. The first-order chi connectivity index (χ1) is 5.33. The zero-order valence-electron chi connectivity index (χ0n) is 7.05. The maximum Gasteiger partial charge on any atom is 0.0913 e. The van der Waals surface area contributed by atoms with E-state index in [-0.39, 0.29) is 6.61 Å². The van der Waals surface area contributed by atoms with Crippen molar-refractivity contribution in [3.63, 3.8) is 0 Å². The van der Waals surface area contributed by atoms with Crippen molar-refractivity contribution < 1.29 is 9.47 Å². The van der Waals surface area contributed by atoms with E-state index in [2.05, 4.69) is 9.84 Å². The fraction of sp³-hybridized carbons (Fsp3) is 1.00. The summed E-state index contributed by atoms with van der Waals surface area (Å²) in [5, 5.41) is 0. The minimum Gasteiger partial charge on any atom is -0.303 e. The molecule has 1 aliphatic rings. The van der Waals surface area contributed by atoms with Gasteiger partial charge < -0.3 is 4.90 Å². The van der Waals surface area contributed by atoms with E-state index < -0.39 is 0 Å². The summed E-state index contributed by atoms with van der Waals surface area (Å²) in [5.74, 6) is 0.318. The molecule has 1 aliphatic heterocycles. The van der Waals surface area contributed by atoms with E-state index >= 15 is 0 Å². The Morgan fingerprint density at radius 3 is 2.64 bits per heavy atom. The Labute approximate surface area is 67.2 Å². The molecule has 1 saturated heterocycles. The van der Waals surface area contributed by atoms with Crippen LogP contribution in [0.2, 0.25) is 0 Å². The van der Waals surface area contributed by atoms with Crippen LogP contribution in [0.25, 0.3) is 0 Å². The quantitative estimate of drug-likeness (QED) is 0.621. The Kier molecular flexibility index (Phi) is 3.80. The van der Waals surface area contributed by atoms with Crippen LogP contribution >= 0.6 is 0 Å². The molecule has 3 heteroatoms. The van der Waals surface area contributed by atoms with Crippen molar-refractivity contribution in [2.45, 2.75) is 19.8 Å². The molecule has 66 valence electrons. The Balaban J connectivity index is 2.08. The second kappa shape index (κ2) is 4.67. The third-order valence-electron chi connectivity index (χ3n) is 2.12. The average molecular weight is 161 g/mol. The summed E-state index contributed by atoms with van der Waals surface area (Å²) >= 11 is 0. The normalized spacial score (nSPS) is 22.4. The van der Waals surface area contributed by atoms with Gasteiger partial charge in [0.05, 0.1) is 6.61 Å². The van der Waals surface area contributed by atoms with Gasteiger partial charge in [-0.1, -0.05) is 6.92 Å². The molecule has 0 bridgehead atoms. The molecule has 1 atom stereocenters. The molecule has 11 heavy (non-hydrogen) atoms. The van der Waals surface area contributed by atoms with E-state index in [1.165, 1.54) is 25.9 Å². The SMILES string of the molecule is C[C@H](COF)CN1CCCC1. The fourth-order valence-electron chi connectivity index (χ4n) is 1.57. The standard InChI is InChI=1S/C8H16FNO/c1-8(7-11-9)6-10-4-2-3-5-10/h8H,2-7H2,1H3/t8-/m0/s1. The number of halogens is 1. The monoisotopic (exact) mass is 161 g/mol. The van der Waals surface area contributed by atoms with Gasteiger partial charge in [0.15, 0.2) is 0 Å². The zero-order chi connectivity index (χ0) is 8.10. The third kappa shape index (κ3) is 3.16. The van der Waals surface area contributed by atoms with Gasteiger partial charge in [0.1, 0.15) is 0 Å². The van der Waals surface area contributed by atoms with E-state index in [0.717, 1.165) is 6.54 Å². The van der Waals surface area contributed by atoms with Gasteiger partial charge in [-0.15, -0.1) is 0 Å². The molecule has 1 rings (SSSR count). The average Bonchev–Trinajstić information content (AvgIpc) is 2.40. The number of nitrogens with zero attached hydrogens (tertiary/aromatic N) is 1. The highest BCUT2D eigenvalue weighted by Gasteiger charge is 2.14. The first-order valence-corrected chi connectivity index (χ1v) is 4.29. The maximum atomic E-state index is 11.4. The van der Waals surface area contributed by atoms with Crippen molar-refractivity contribution in [3.8, 4) is 0 Å². The smallest absolute Gasteiger partial charge is 0.0913 e. The largest absolute Gasteiger partial charge is 0.303 e. The van der Waals surface area contributed by atoms with E-state index in [4.69, 9.17) is 0 Å². The van der Waals surface area contributed by atoms with Crippen molar-refractivity contribution in [2.75, 3.05) is 26.2 Å². The molecule has 0 N–H and O–H groups in total. The summed E-state index contributed by atoms with van der Waals surface area (Å²) in [6.07, 6.45) is 2.59. The molecule has 0 aliphatic carbocycles. The van der Waals surface area contributed by atoms with Gasteiger partial charge in [-0.05, 0) is 36.4 Å². The third-order valence-corrected chi connectivity index (χ3v) is 2.12. The van der Waals surface area contributed by atoms with E-state index in [9.17, 15) is 4.53 Å². The predicted octanol–water partition coefficient (Wildman–Crippen LogP) is 1.62. The van der Waals surface area contributed by atoms with Crippen LogP contribution < -0.4 is 0 Å². The maximum absolute atomic E-state index is 11.4. The molecule has 0 aromatic heterocycles. The summed E-state index contributed by atoms with van der Waals surface area (Å²) < 4.78 is 11.4. The van der Waals surface area contributed by atoms with Crippen molar-refractivity contribution >= 4 is 0 Å². The van der Waals surface area contributed by atoms with E-state index in [1.54, 1.807) is 0 Å². The highest BCUT2D eigenvalue weighted by Crippen LogP contribution is 2.10. The number of rotatable bonds is 4. The molecule has 0 spiro atoms. The van der Waals surface area contributed by atoms with Gasteiger partial charge in [-0.25, -0.2) is 0 Å². The van der Waals surface area contributed by atoms with Crippen LogP contribution in [0.15, 0.2) is 0 Å². The second-order valence-electron chi connectivity index (χ2n) is 3.39. The van der Waals surface area contributed by atoms with E-state index in [0.29, 0.717) is 5.92 Å². The molecular weight excluding hydrogens is 145 g/mol. The molecule has 1 heterocycles. The molecule has 0 radical (unpaired) electrons. The highest BCUT2D eigenvalue weighted by atomic mass is 19.3. The Morgan fingerprint density at radius 1 is 1.45 bits per heavy atom. The van der Waals surface area contributed by atoms with E-state index in [1.807, 2.05) is 6.92 Å². The zero-order valence-corrected chi connectivity index (χ0v) is 7.05. The Bertz CT molecular complexity index is 104. The lowest BCUT2D eigenvalue weighted by molar-refractivity contribution is -0.144. The van der Waals surface area contributed by atoms with Crippen LogP contribution in [0.5, 0.6) is 0 Å². The van der Waals surface area contributed by atoms with Gasteiger partial charge in [-0.2, -0.15) is 4.94 Å². The first kappa shape index (κ1) is 8.94. The fourth-order valence-corrected chi connectivity index (χ4v) is 1.57. The van der Waals surface area contributed by atoms with Gasteiger partial charge in [0.25, 0.3) is 0 Å². The van der Waals surface area contributed by atoms with Crippen molar-refractivity contribution in [1.82, 2.24) is 4.90 Å². The topological polar surface area (TPSA) is 12.5 Å². The number of likely N-dealkylation sites (tertiary alicyclic amines) is 1. The van der Waals surface area contributed by atoms with Crippen LogP contribution in [0.1, 0.15) is 19.8 Å². The second-order valence-corrected chi connectivity index (χ2v) is 3.39. The van der Waals surface area contributed by atoms with Gasteiger partial charge in [0.2, 0.25) is 0 Å². The molecule has 0 unspecified atom stereocenters. The van der Waals surface area contributed by atoms with Gasteiger partial charge in [0, 0.05) is 6.54 Å². The highest BCUT2D eigenvalue weighted by molar-refractivity contribution is 4.68. The predicted molar refractivity (Wildman–Crippen MR) is 41.9 cm³/mol. The molecular formula is C8H16FNO. The first-order valence-electron chi connectivity index (χ1n) is 4.29. The lowest BCUT2D eigenvalue weighted by Crippen LogP contribution is -2.27. The lowest BCUT2D eigenvalue weighted by Gasteiger charge is -2.18. The minimum atomic E-state index is 0.233. The molecule has 0 aromatic rings. The number of hydrogen-bond acceptors (Lipinski definition) is 2. The summed E-state index contributed by atoms with van der Waals surface area (Å²) in [6, 6.07) is 0. The summed E-state index contributed by atoms with van der Waals surface area (Å²) in [5.41, 5.74) is 0.